The van der Waals surface area contributed by atoms with E-state index >= 15 is 0 Å². The zero-order chi connectivity index (χ0) is 12.4. The average Bonchev–Trinajstić information content (AvgIpc) is 3.07. The van der Waals surface area contributed by atoms with Crippen LogP contribution in [0.25, 0.3) is 0 Å². The lowest BCUT2D eigenvalue weighted by molar-refractivity contribution is 0.582. The van der Waals surface area contributed by atoms with Gasteiger partial charge < -0.3 is 10.2 Å². The lowest BCUT2D eigenvalue weighted by Gasteiger charge is -2.28. The Bertz CT molecular complexity index is 362. The van der Waals surface area contributed by atoms with Crippen LogP contribution in [0.1, 0.15) is 30.9 Å². The van der Waals surface area contributed by atoms with Crippen molar-refractivity contribution in [3.8, 4) is 0 Å². The first kappa shape index (κ1) is 12.4. The number of nitrogens with zero attached hydrogens (tertiary/aromatic N) is 1. The van der Waals surface area contributed by atoms with Crippen LogP contribution in [0.5, 0.6) is 0 Å². The number of nitrogens with one attached hydrogen (secondary N) is 1. The van der Waals surface area contributed by atoms with Gasteiger partial charge in [0.15, 0.2) is 0 Å². The number of hydrogen-bond acceptors (Lipinski definition) is 2. The summed E-state index contributed by atoms with van der Waals surface area (Å²) in [6, 6.07) is 8.09. The fourth-order valence-corrected chi connectivity index (χ4v) is 2.17. The largest absolute Gasteiger partial charge is 0.371 e. The second-order valence-electron chi connectivity index (χ2n) is 5.49. The summed E-state index contributed by atoms with van der Waals surface area (Å²) in [4.78, 5) is 2.37. The monoisotopic (exact) mass is 232 g/mol. The molecule has 1 fully saturated rings. The summed E-state index contributed by atoms with van der Waals surface area (Å²) in [5, 5.41) is 3.59. The molecule has 2 nitrogen and oxygen atoms in total. The molecule has 0 spiro atoms. The minimum absolute atomic E-state index is 0.539. The predicted molar refractivity (Wildman–Crippen MR) is 74.8 cm³/mol. The lowest BCUT2D eigenvalue weighted by Crippen LogP contribution is -2.38. The molecular weight excluding hydrogens is 208 g/mol. The smallest absolute Gasteiger partial charge is 0.0383 e. The molecule has 1 atom stereocenters. The summed E-state index contributed by atoms with van der Waals surface area (Å²) in [5.41, 5.74) is 4.01. The highest BCUT2D eigenvalue weighted by Crippen LogP contribution is 2.21. The van der Waals surface area contributed by atoms with Crippen molar-refractivity contribution in [1.82, 2.24) is 5.32 Å². The maximum absolute atomic E-state index is 3.59. The van der Waals surface area contributed by atoms with E-state index in [1.807, 2.05) is 0 Å². The van der Waals surface area contributed by atoms with Gasteiger partial charge in [-0.25, -0.2) is 0 Å². The van der Waals surface area contributed by atoms with Gasteiger partial charge in [-0.05, 0) is 56.9 Å². The Morgan fingerprint density at radius 2 is 1.82 bits per heavy atom. The van der Waals surface area contributed by atoms with Gasteiger partial charge in [-0.3, -0.25) is 0 Å². The van der Waals surface area contributed by atoms with Crippen LogP contribution in [0.4, 0.5) is 5.69 Å². The van der Waals surface area contributed by atoms with Crippen molar-refractivity contribution in [1.29, 1.82) is 0 Å². The molecule has 1 N–H and O–H groups in total. The average molecular weight is 232 g/mol. The van der Waals surface area contributed by atoms with Crippen LogP contribution in [0.15, 0.2) is 18.2 Å². The second-order valence-corrected chi connectivity index (χ2v) is 5.49. The van der Waals surface area contributed by atoms with Crippen molar-refractivity contribution in [2.45, 2.75) is 45.7 Å². The molecule has 0 radical (unpaired) electrons. The molecule has 0 aliphatic heterocycles. The highest BCUT2D eigenvalue weighted by Gasteiger charge is 2.21. The van der Waals surface area contributed by atoms with E-state index in [2.05, 4.69) is 56.2 Å². The molecule has 94 valence electrons. The Labute approximate surface area is 105 Å². The number of hydrogen-bond donors (Lipinski definition) is 1. The molecule has 1 aromatic carbocycles. The Morgan fingerprint density at radius 1 is 1.24 bits per heavy atom. The molecule has 1 aliphatic carbocycles. The van der Waals surface area contributed by atoms with Crippen molar-refractivity contribution in [3.63, 3.8) is 0 Å². The van der Waals surface area contributed by atoms with Gasteiger partial charge in [0, 0.05) is 31.4 Å². The van der Waals surface area contributed by atoms with Gasteiger partial charge in [-0.15, -0.1) is 0 Å². The zero-order valence-electron chi connectivity index (χ0n) is 11.5. The maximum Gasteiger partial charge on any atom is 0.0383 e. The van der Waals surface area contributed by atoms with Crippen LogP contribution in [-0.4, -0.2) is 25.7 Å². The number of aryl methyl sites for hydroxylation is 2. The third kappa shape index (κ3) is 3.47. The summed E-state index contributed by atoms with van der Waals surface area (Å²) in [5.74, 6) is 0. The van der Waals surface area contributed by atoms with Gasteiger partial charge in [0.2, 0.25) is 0 Å². The minimum Gasteiger partial charge on any atom is -0.371 e. The Balaban J connectivity index is 1.98. The van der Waals surface area contributed by atoms with Crippen molar-refractivity contribution in [2.24, 2.45) is 0 Å². The molecular formula is C15H24N2. The van der Waals surface area contributed by atoms with Crippen molar-refractivity contribution in [2.75, 3.05) is 18.5 Å². The van der Waals surface area contributed by atoms with Crippen LogP contribution in [0.2, 0.25) is 0 Å². The Morgan fingerprint density at radius 3 is 2.35 bits per heavy atom. The lowest BCUT2D eigenvalue weighted by atomic mass is 10.1. The summed E-state index contributed by atoms with van der Waals surface area (Å²) in [6.45, 7) is 7.69. The van der Waals surface area contributed by atoms with Gasteiger partial charge in [-0.2, -0.15) is 0 Å². The quantitative estimate of drug-likeness (QED) is 0.840. The first-order chi connectivity index (χ1) is 8.06. The summed E-state index contributed by atoms with van der Waals surface area (Å²) in [6.07, 6.45) is 2.72. The van der Waals surface area contributed by atoms with Crippen LogP contribution < -0.4 is 10.2 Å². The van der Waals surface area contributed by atoms with Gasteiger partial charge >= 0.3 is 0 Å². The molecule has 1 aromatic rings. The first-order valence-corrected chi connectivity index (χ1v) is 6.61. The molecule has 1 saturated carbocycles. The predicted octanol–water partition coefficient (Wildman–Crippen LogP) is 2.88. The highest BCUT2D eigenvalue weighted by atomic mass is 15.2. The topological polar surface area (TPSA) is 15.3 Å². The highest BCUT2D eigenvalue weighted by molar-refractivity contribution is 5.51. The molecule has 1 aliphatic rings. The fourth-order valence-electron chi connectivity index (χ4n) is 2.17. The van der Waals surface area contributed by atoms with Gasteiger partial charge in [0.1, 0.15) is 0 Å². The molecule has 17 heavy (non-hydrogen) atoms. The van der Waals surface area contributed by atoms with E-state index in [4.69, 9.17) is 0 Å². The van der Waals surface area contributed by atoms with E-state index in [-0.39, 0.29) is 0 Å². The van der Waals surface area contributed by atoms with Crippen LogP contribution in [0, 0.1) is 13.8 Å². The SMILES string of the molecule is Cc1cc(C)cc(N(C)C(C)CNC2CC2)c1. The second kappa shape index (κ2) is 5.09. The van der Waals surface area contributed by atoms with Gasteiger partial charge in [-0.1, -0.05) is 6.07 Å². The van der Waals surface area contributed by atoms with E-state index in [0.29, 0.717) is 6.04 Å². The Kier molecular flexibility index (Phi) is 3.72. The maximum atomic E-state index is 3.59. The molecule has 0 saturated heterocycles. The molecule has 0 aromatic heterocycles. The first-order valence-electron chi connectivity index (χ1n) is 6.61. The number of anilines is 1. The minimum atomic E-state index is 0.539. The van der Waals surface area contributed by atoms with Crippen LogP contribution in [-0.2, 0) is 0 Å². The van der Waals surface area contributed by atoms with Crippen LogP contribution >= 0.6 is 0 Å². The van der Waals surface area contributed by atoms with Gasteiger partial charge in [0.25, 0.3) is 0 Å². The number of benzene rings is 1. The third-order valence-corrected chi connectivity index (χ3v) is 3.55. The molecule has 1 unspecified atom stereocenters. The normalized spacial score (nSPS) is 16.9. The Hall–Kier alpha value is -1.02. The molecule has 0 bridgehead atoms. The molecule has 0 heterocycles. The van der Waals surface area contributed by atoms with E-state index in [0.717, 1.165) is 12.6 Å². The summed E-state index contributed by atoms with van der Waals surface area (Å²) >= 11 is 0. The van der Waals surface area contributed by atoms with Crippen molar-refractivity contribution in [3.05, 3.63) is 29.3 Å². The van der Waals surface area contributed by atoms with Crippen LogP contribution in [0.3, 0.4) is 0 Å². The van der Waals surface area contributed by atoms with E-state index < -0.39 is 0 Å². The van der Waals surface area contributed by atoms with Crippen molar-refractivity contribution < 1.29 is 0 Å². The van der Waals surface area contributed by atoms with Crippen molar-refractivity contribution >= 4 is 5.69 Å². The molecule has 0 amide bonds. The standard InChI is InChI=1S/C15H24N2/c1-11-7-12(2)9-15(8-11)17(4)13(3)10-16-14-5-6-14/h7-9,13-14,16H,5-6,10H2,1-4H3. The third-order valence-electron chi connectivity index (χ3n) is 3.55. The summed E-state index contributed by atoms with van der Waals surface area (Å²) < 4.78 is 0. The van der Waals surface area contributed by atoms with Gasteiger partial charge in [0.05, 0.1) is 0 Å². The molecule has 2 rings (SSSR count). The zero-order valence-corrected chi connectivity index (χ0v) is 11.5. The number of likely N-dealkylation sites (N-methyl/N-ethyl adjacent to an activating group) is 1. The van der Waals surface area contributed by atoms with E-state index in [9.17, 15) is 0 Å². The fraction of sp³-hybridized carbons (Fsp3) is 0.600. The molecule has 2 heteroatoms. The number of rotatable bonds is 5. The van der Waals surface area contributed by atoms with E-state index in [1.165, 1.54) is 29.7 Å². The summed E-state index contributed by atoms with van der Waals surface area (Å²) in [7, 11) is 2.19. The van der Waals surface area contributed by atoms with E-state index in [1.54, 1.807) is 0 Å².